The smallest absolute Gasteiger partial charge is 0.300 e. The fraction of sp³-hybridized carbons (Fsp3) is 0.385. The van der Waals surface area contributed by atoms with E-state index in [4.69, 9.17) is 24.0 Å². The first-order chi connectivity index (χ1) is 15.0. The van der Waals surface area contributed by atoms with Gasteiger partial charge in [-0.05, 0) is 66.6 Å². The molecule has 31 heavy (non-hydrogen) atoms. The highest BCUT2D eigenvalue weighted by molar-refractivity contribution is 5.63. The van der Waals surface area contributed by atoms with Gasteiger partial charge in [0.1, 0.15) is 11.5 Å². The standard InChI is InChI=1S/C24H27NO2.C2H4O2/c1-3-17-8-10-19(11-9-17)24-25-22(23(4-2)27-24)14-15-26-21-13-12-18-6-5-7-20(18)16-21;1-2(3)4/h8-13,16H,3-7,14-15H2,1-2H3;1H3,(H,3,4). The maximum Gasteiger partial charge on any atom is 0.300 e. The van der Waals surface area contributed by atoms with E-state index >= 15 is 0 Å². The van der Waals surface area contributed by atoms with Crippen LogP contribution in [0.4, 0.5) is 0 Å². The molecule has 0 fully saturated rings. The monoisotopic (exact) mass is 421 g/mol. The summed E-state index contributed by atoms with van der Waals surface area (Å²) in [5.41, 5.74) is 6.29. The van der Waals surface area contributed by atoms with Gasteiger partial charge < -0.3 is 14.3 Å². The SMILES string of the molecule is CC(=O)O.CCc1ccc(-c2nc(CCOc3ccc4c(c3)CCC4)c(CC)o2)cc1. The van der Waals surface area contributed by atoms with Crippen LogP contribution in [0.5, 0.6) is 5.75 Å². The van der Waals surface area contributed by atoms with E-state index in [1.54, 1.807) is 0 Å². The van der Waals surface area contributed by atoms with Crippen LogP contribution in [0.2, 0.25) is 0 Å². The number of fused-ring (bicyclic) bond motifs is 1. The Morgan fingerprint density at radius 1 is 1.06 bits per heavy atom. The van der Waals surface area contributed by atoms with Crippen molar-refractivity contribution in [3.05, 3.63) is 70.6 Å². The molecule has 0 amide bonds. The first-order valence-corrected chi connectivity index (χ1v) is 11.0. The van der Waals surface area contributed by atoms with Gasteiger partial charge >= 0.3 is 0 Å². The highest BCUT2D eigenvalue weighted by atomic mass is 16.5. The number of carbonyl (C=O) groups is 1. The Balaban J connectivity index is 0.000000628. The van der Waals surface area contributed by atoms with E-state index in [1.165, 1.54) is 36.0 Å². The van der Waals surface area contributed by atoms with Gasteiger partial charge in [-0.25, -0.2) is 4.98 Å². The van der Waals surface area contributed by atoms with Crippen molar-refractivity contribution in [1.82, 2.24) is 4.98 Å². The number of hydrogen-bond acceptors (Lipinski definition) is 4. The number of aryl methyl sites for hydroxylation is 4. The number of aromatic nitrogens is 1. The minimum atomic E-state index is -0.833. The molecule has 0 radical (unpaired) electrons. The lowest BCUT2D eigenvalue weighted by Crippen LogP contribution is -2.04. The zero-order valence-corrected chi connectivity index (χ0v) is 18.6. The molecule has 0 saturated heterocycles. The molecule has 1 aliphatic carbocycles. The Hall–Kier alpha value is -3.08. The quantitative estimate of drug-likeness (QED) is 0.532. The number of nitrogens with zero attached hydrogens (tertiary/aromatic N) is 1. The fourth-order valence-electron chi connectivity index (χ4n) is 3.76. The molecule has 1 aliphatic rings. The third-order valence-electron chi connectivity index (χ3n) is 5.39. The maximum absolute atomic E-state index is 9.00. The Labute approximate surface area is 184 Å². The molecule has 2 aromatic carbocycles. The van der Waals surface area contributed by atoms with Crippen LogP contribution in [0.15, 0.2) is 46.9 Å². The first kappa shape index (κ1) is 22.6. The molecule has 5 heteroatoms. The number of benzene rings is 2. The number of oxazole rings is 1. The van der Waals surface area contributed by atoms with Crippen molar-refractivity contribution >= 4 is 5.97 Å². The average Bonchev–Trinajstić information content (AvgIpc) is 3.40. The summed E-state index contributed by atoms with van der Waals surface area (Å²) in [5, 5.41) is 7.42. The third-order valence-corrected chi connectivity index (χ3v) is 5.39. The minimum Gasteiger partial charge on any atom is -0.493 e. The van der Waals surface area contributed by atoms with Gasteiger partial charge in [0.25, 0.3) is 5.97 Å². The largest absolute Gasteiger partial charge is 0.493 e. The fourth-order valence-corrected chi connectivity index (χ4v) is 3.76. The molecule has 1 N–H and O–H groups in total. The second-order valence-electron chi connectivity index (χ2n) is 7.69. The summed E-state index contributed by atoms with van der Waals surface area (Å²) in [5.74, 6) is 1.80. The highest BCUT2D eigenvalue weighted by Gasteiger charge is 2.14. The van der Waals surface area contributed by atoms with E-state index in [1.807, 2.05) is 0 Å². The van der Waals surface area contributed by atoms with E-state index in [-0.39, 0.29) is 0 Å². The van der Waals surface area contributed by atoms with Gasteiger partial charge in [-0.15, -0.1) is 0 Å². The van der Waals surface area contributed by atoms with Gasteiger partial charge in [-0.2, -0.15) is 0 Å². The molecule has 1 heterocycles. The molecule has 0 spiro atoms. The molecule has 0 atom stereocenters. The van der Waals surface area contributed by atoms with Gasteiger partial charge in [0.05, 0.1) is 12.3 Å². The number of carboxylic acid groups (broad SMARTS) is 1. The van der Waals surface area contributed by atoms with Crippen LogP contribution in [0.25, 0.3) is 11.5 Å². The van der Waals surface area contributed by atoms with Crippen LogP contribution < -0.4 is 4.74 Å². The minimum absolute atomic E-state index is 0.618. The first-order valence-electron chi connectivity index (χ1n) is 11.0. The van der Waals surface area contributed by atoms with Crippen molar-refractivity contribution in [2.24, 2.45) is 0 Å². The summed E-state index contributed by atoms with van der Waals surface area (Å²) in [6.07, 6.45) is 6.29. The van der Waals surface area contributed by atoms with Crippen molar-refractivity contribution in [3.8, 4) is 17.2 Å². The molecule has 1 aromatic heterocycles. The van der Waals surface area contributed by atoms with Crippen LogP contribution in [-0.2, 0) is 36.9 Å². The zero-order valence-electron chi connectivity index (χ0n) is 18.6. The number of carboxylic acids is 1. The molecule has 3 aromatic rings. The van der Waals surface area contributed by atoms with Gasteiger partial charge in [-0.1, -0.05) is 32.0 Å². The van der Waals surface area contributed by atoms with Crippen LogP contribution in [-0.4, -0.2) is 22.7 Å². The van der Waals surface area contributed by atoms with E-state index in [2.05, 4.69) is 56.3 Å². The Kier molecular flexibility index (Phi) is 7.88. The normalized spacial score (nSPS) is 12.1. The maximum atomic E-state index is 9.00. The summed E-state index contributed by atoms with van der Waals surface area (Å²) in [6.45, 7) is 5.97. The summed E-state index contributed by atoms with van der Waals surface area (Å²) in [7, 11) is 0. The van der Waals surface area contributed by atoms with E-state index in [0.29, 0.717) is 12.5 Å². The molecule has 0 unspecified atom stereocenters. The number of aliphatic carboxylic acids is 1. The van der Waals surface area contributed by atoms with Crippen molar-refractivity contribution in [2.75, 3.05) is 6.61 Å². The lowest BCUT2D eigenvalue weighted by atomic mass is 10.1. The van der Waals surface area contributed by atoms with Gasteiger partial charge in [0.15, 0.2) is 0 Å². The molecule has 0 aliphatic heterocycles. The van der Waals surface area contributed by atoms with Crippen LogP contribution in [0.3, 0.4) is 0 Å². The van der Waals surface area contributed by atoms with E-state index in [9.17, 15) is 0 Å². The highest BCUT2D eigenvalue weighted by Crippen LogP contribution is 2.27. The lowest BCUT2D eigenvalue weighted by molar-refractivity contribution is -0.134. The zero-order chi connectivity index (χ0) is 22.2. The Bertz CT molecular complexity index is 1000. The topological polar surface area (TPSA) is 72.6 Å². The van der Waals surface area contributed by atoms with E-state index in [0.717, 1.165) is 49.0 Å². The van der Waals surface area contributed by atoms with E-state index < -0.39 is 5.97 Å². The predicted octanol–water partition coefficient (Wildman–Crippen LogP) is 5.67. The molecular weight excluding hydrogens is 390 g/mol. The molecule has 164 valence electrons. The van der Waals surface area contributed by atoms with Crippen LogP contribution in [0, 0.1) is 0 Å². The summed E-state index contributed by atoms with van der Waals surface area (Å²) >= 11 is 0. The van der Waals surface area contributed by atoms with Crippen molar-refractivity contribution < 1.29 is 19.1 Å². The molecular formula is C26H31NO4. The summed E-state index contributed by atoms with van der Waals surface area (Å²) < 4.78 is 12.0. The molecule has 4 rings (SSSR count). The number of rotatable bonds is 7. The van der Waals surface area contributed by atoms with Gasteiger partial charge in [-0.3, -0.25) is 4.79 Å². The van der Waals surface area contributed by atoms with Crippen molar-refractivity contribution in [3.63, 3.8) is 0 Å². The molecule has 5 nitrogen and oxygen atoms in total. The molecule has 0 saturated carbocycles. The second kappa shape index (κ2) is 10.8. The predicted molar refractivity (Wildman–Crippen MR) is 122 cm³/mol. The van der Waals surface area contributed by atoms with Crippen LogP contribution >= 0.6 is 0 Å². The number of hydrogen-bond donors (Lipinski definition) is 1. The second-order valence-corrected chi connectivity index (χ2v) is 7.69. The Morgan fingerprint density at radius 3 is 2.45 bits per heavy atom. The van der Waals surface area contributed by atoms with Crippen molar-refractivity contribution in [2.45, 2.75) is 59.3 Å². The number of ether oxygens (including phenoxy) is 1. The van der Waals surface area contributed by atoms with Gasteiger partial charge in [0, 0.05) is 25.3 Å². The third kappa shape index (κ3) is 6.20. The summed E-state index contributed by atoms with van der Waals surface area (Å²) in [4.78, 5) is 13.7. The van der Waals surface area contributed by atoms with Crippen LogP contribution in [0.1, 0.15) is 55.3 Å². The average molecular weight is 422 g/mol. The van der Waals surface area contributed by atoms with Crippen molar-refractivity contribution in [1.29, 1.82) is 0 Å². The van der Waals surface area contributed by atoms with Gasteiger partial charge in [0.2, 0.25) is 5.89 Å². The summed E-state index contributed by atoms with van der Waals surface area (Å²) in [6, 6.07) is 15.0. The lowest BCUT2D eigenvalue weighted by Gasteiger charge is -2.07. The Morgan fingerprint density at radius 2 is 1.77 bits per heavy atom. The molecule has 0 bridgehead atoms.